The second-order valence-electron chi connectivity index (χ2n) is 15.1. The molecule has 0 aliphatic carbocycles. The largest absolute Gasteiger partial charge is 1.00 e. The molecule has 10 aromatic rings. The first-order chi connectivity index (χ1) is 39.3. The first-order valence-corrected chi connectivity index (χ1v) is 29.4. The molecule has 41 heteroatoms. The van der Waals surface area contributed by atoms with E-state index >= 15 is 0 Å². The summed E-state index contributed by atoms with van der Waals surface area (Å²) >= 11 is 10.5. The molecule has 10 heterocycles. The van der Waals surface area contributed by atoms with E-state index in [0.29, 0.717) is 50.7 Å². The molecule has 444 valence electrons. The van der Waals surface area contributed by atoms with Crippen LogP contribution in [0.2, 0.25) is 5.15 Å². The van der Waals surface area contributed by atoms with Crippen LogP contribution < -0.4 is 67.3 Å². The second-order valence-corrected chi connectivity index (χ2v) is 22.4. The maximum Gasteiger partial charge on any atom is 1.00 e. The molecule has 0 bridgehead atoms. The molecule has 10 aromatic heterocycles. The third kappa shape index (κ3) is 24.6. The standard InChI is InChI=1S/C17H12F3N7OS.C9H9N5O2S.C8H4BrF3N2OS.C5H5ClN2O2S.C4H5N3.CH3.K.O2S/c1-10-6-13(24-9-23-10)27(14-7-21-4-5-22-14)8-11-2-3-12(29-11)15-25-16(28-26-15)17(18,19)20;1-17(15,16)9-4-7(12-6-13-9)14-8-5-10-2-3-11-8;9-3-4-1-2-5(16-4)6-13-7(15-14-6)8(10,11)12;1-11(9,10)5-2-4(6)7-3-8-5;5-4-3-6-1-2-7-4;;;1-3-2/h2-7,9H,8H2,1H3;2-6H,1H3,(H,11,12,13,14);1-2H,3H2;2-3H,1H3;1-3H,(H2,5,7);1H3;;/q;;;;;-1;+1;. The smallest absolute Gasteiger partial charge is 0.382 e. The van der Waals surface area contributed by atoms with Crippen LogP contribution in [0.4, 0.5) is 55.4 Å². The van der Waals surface area contributed by atoms with E-state index in [2.05, 4.69) is 110 Å². The normalized spacial score (nSPS) is 10.8. The summed E-state index contributed by atoms with van der Waals surface area (Å²) < 4.78 is 144. The van der Waals surface area contributed by atoms with Crippen molar-refractivity contribution in [3.05, 3.63) is 157 Å². The Kier molecular flexibility index (Phi) is 29.4. The van der Waals surface area contributed by atoms with Crippen molar-refractivity contribution in [1.29, 1.82) is 0 Å². The molecule has 0 atom stereocenters. The number of aryl methyl sites for hydroxylation is 1. The van der Waals surface area contributed by atoms with E-state index in [1.807, 2.05) is 11.8 Å². The van der Waals surface area contributed by atoms with Crippen LogP contribution in [-0.4, -0.2) is 118 Å². The van der Waals surface area contributed by atoms with E-state index in [1.54, 1.807) is 61.3 Å². The van der Waals surface area contributed by atoms with Gasteiger partial charge in [0.25, 0.3) is 0 Å². The molecule has 0 saturated heterocycles. The van der Waals surface area contributed by atoms with Gasteiger partial charge < -0.3 is 32.4 Å². The Balaban J connectivity index is 0.000000293. The maximum atomic E-state index is 12.7. The van der Waals surface area contributed by atoms with Crippen molar-refractivity contribution < 1.29 is 112 Å². The fourth-order valence-corrected chi connectivity index (χ4v) is 9.00. The van der Waals surface area contributed by atoms with Crippen molar-refractivity contribution in [1.82, 2.24) is 80.1 Å². The zero-order valence-corrected chi connectivity index (χ0v) is 53.4. The molecule has 0 spiro atoms. The number of sulfone groups is 2. The molecule has 0 unspecified atom stereocenters. The van der Waals surface area contributed by atoms with Crippen molar-refractivity contribution in [2.75, 3.05) is 28.5 Å². The number of nitrogens with zero attached hydrogens (tertiary/aromatic N) is 17. The van der Waals surface area contributed by atoms with Gasteiger partial charge in [0, 0.05) is 88.7 Å². The summed E-state index contributed by atoms with van der Waals surface area (Å²) in [5.74, 6) is -0.376. The van der Waals surface area contributed by atoms with Gasteiger partial charge in [-0.2, -0.15) is 44.7 Å². The van der Waals surface area contributed by atoms with Crippen LogP contribution >= 0.6 is 50.2 Å². The van der Waals surface area contributed by atoms with Crippen molar-refractivity contribution in [2.45, 2.75) is 41.2 Å². The van der Waals surface area contributed by atoms with Crippen molar-refractivity contribution in [2.24, 2.45) is 0 Å². The van der Waals surface area contributed by atoms with Gasteiger partial charge in [0.1, 0.15) is 47.4 Å². The Morgan fingerprint density at radius 1 is 0.647 bits per heavy atom. The average Bonchev–Trinajstić information content (AvgIpc) is 4.40. The third-order valence-corrected chi connectivity index (χ3v) is 14.1. The number of hydrogen-bond acceptors (Lipinski definition) is 29. The molecule has 0 aliphatic heterocycles. The van der Waals surface area contributed by atoms with Gasteiger partial charge in [0.2, 0.25) is 11.6 Å². The van der Waals surface area contributed by atoms with Crippen molar-refractivity contribution >= 4 is 111 Å². The summed E-state index contributed by atoms with van der Waals surface area (Å²) in [6.07, 6.45) is 10.5. The molecule has 0 amide bonds. The van der Waals surface area contributed by atoms with Gasteiger partial charge in [0.05, 0.1) is 34.9 Å². The van der Waals surface area contributed by atoms with Crippen LogP contribution in [0.3, 0.4) is 0 Å². The number of nitrogens with one attached hydrogen (secondary N) is 1. The van der Waals surface area contributed by atoms with Gasteiger partial charge in [-0.1, -0.05) is 37.8 Å². The number of anilines is 5. The zero-order valence-electron chi connectivity index (χ0n) is 43.9. The number of thiophene rings is 2. The first-order valence-electron chi connectivity index (χ1n) is 21.8. The van der Waals surface area contributed by atoms with E-state index in [4.69, 9.17) is 25.8 Å². The first kappa shape index (κ1) is 72.5. The SMILES string of the molecule is CS(=O)(=O)c1cc(Cl)ncn1.CS(=O)(=O)c1cc(Nc2cnccn2)ncn1.Cc1cc(N(Cc2ccc(-c3noc(C(F)(F)F)n3)s2)c2cnccn2)ncn1.FC(F)(F)c1nc(-c2ccc(CBr)s2)no1.Nc1cnccn1.O=S=O.[CH3-].[K+]. The van der Waals surface area contributed by atoms with Crippen LogP contribution in [0.5, 0.6) is 0 Å². The number of nitrogens with two attached hydrogens (primary N) is 1. The van der Waals surface area contributed by atoms with E-state index in [-0.39, 0.29) is 85.7 Å². The molecule has 0 fully saturated rings. The third-order valence-electron chi connectivity index (χ3n) is 8.85. The molecule has 27 nitrogen and oxygen atoms in total. The summed E-state index contributed by atoms with van der Waals surface area (Å²) in [5, 5.41) is 10.2. The van der Waals surface area contributed by atoms with Gasteiger partial charge in [0.15, 0.2) is 35.5 Å². The van der Waals surface area contributed by atoms with Crippen LogP contribution in [0.15, 0.2) is 136 Å². The Hall–Kier alpha value is -6.73. The monoisotopic (exact) mass is 1390 g/mol. The number of rotatable bonds is 11. The fourth-order valence-electron chi connectivity index (χ4n) is 5.42. The van der Waals surface area contributed by atoms with Crippen LogP contribution in [-0.2, 0) is 55.5 Å². The average molecular weight is 1390 g/mol. The number of halogens is 8. The van der Waals surface area contributed by atoms with Gasteiger partial charge in [-0.15, -0.1) is 22.7 Å². The molecule has 0 aromatic carbocycles. The fraction of sp³-hybridized carbons (Fsp3) is 0.159. The van der Waals surface area contributed by atoms with Crippen LogP contribution in [0.25, 0.3) is 21.4 Å². The Morgan fingerprint density at radius 2 is 1.15 bits per heavy atom. The molecular formula is C44H38BrClF6KN19O8S5. The van der Waals surface area contributed by atoms with E-state index in [9.17, 15) is 43.2 Å². The van der Waals surface area contributed by atoms with Gasteiger partial charge in [-0.05, 0) is 31.2 Å². The minimum absolute atomic E-state index is 0. The van der Waals surface area contributed by atoms with Gasteiger partial charge in [-0.3, -0.25) is 15.0 Å². The topological polar surface area (TPSA) is 376 Å². The van der Waals surface area contributed by atoms with Crippen molar-refractivity contribution in [3.63, 3.8) is 0 Å². The number of aromatic nitrogens is 16. The molecule has 10 rings (SSSR count). The molecular weight excluding hydrogens is 1350 g/mol. The predicted molar refractivity (Wildman–Crippen MR) is 295 cm³/mol. The minimum Gasteiger partial charge on any atom is -0.382 e. The van der Waals surface area contributed by atoms with Crippen LogP contribution in [0.1, 0.15) is 27.2 Å². The molecule has 85 heavy (non-hydrogen) atoms. The summed E-state index contributed by atoms with van der Waals surface area (Å²) in [7, 11) is -6.61. The summed E-state index contributed by atoms with van der Waals surface area (Å²) in [5.41, 5.74) is 5.96. The number of hydrogen-bond donors (Lipinski definition) is 2. The van der Waals surface area contributed by atoms with Crippen molar-refractivity contribution in [3.8, 4) is 21.4 Å². The molecule has 3 N–H and O–H groups in total. The predicted octanol–water partition coefficient (Wildman–Crippen LogP) is 5.55. The zero-order chi connectivity index (χ0) is 60.8. The molecule has 0 radical (unpaired) electrons. The summed E-state index contributed by atoms with van der Waals surface area (Å²) in [6.45, 7) is 2.21. The Bertz CT molecular complexity index is 3920. The maximum absolute atomic E-state index is 12.7. The minimum atomic E-state index is -4.68. The van der Waals surface area contributed by atoms with Gasteiger partial charge >= 0.3 is 87.1 Å². The summed E-state index contributed by atoms with van der Waals surface area (Å²) in [4.78, 5) is 58.0. The summed E-state index contributed by atoms with van der Waals surface area (Å²) in [6, 6.07) is 11.2. The van der Waals surface area contributed by atoms with E-state index < -0.39 is 55.4 Å². The number of nitrogen functional groups attached to an aromatic ring is 1. The quantitative estimate of drug-likeness (QED) is 0.0527. The Labute approximate surface area is 545 Å². The molecule has 0 aliphatic rings. The molecule has 0 saturated carbocycles. The van der Waals surface area contributed by atoms with E-state index in [1.165, 1.54) is 72.2 Å². The second kappa shape index (κ2) is 34.4. The van der Waals surface area contributed by atoms with Crippen LogP contribution in [0, 0.1) is 14.4 Å². The Morgan fingerprint density at radius 3 is 1.58 bits per heavy atom. The van der Waals surface area contributed by atoms with E-state index in [0.717, 1.165) is 34.3 Å². The van der Waals surface area contributed by atoms with Gasteiger partial charge in [-0.25, -0.2) is 61.7 Å². The number of alkyl halides is 7.